The average molecular weight is 148 g/mol. The molecule has 2 saturated heterocycles. The van der Waals surface area contributed by atoms with Crippen molar-refractivity contribution in [2.45, 2.75) is 12.1 Å². The van der Waals surface area contributed by atoms with Crippen LogP contribution in [0.4, 0.5) is 0 Å². The van der Waals surface area contributed by atoms with Crippen LogP contribution in [0.2, 0.25) is 6.04 Å². The summed E-state index contributed by atoms with van der Waals surface area (Å²) in [6.07, 6.45) is 0.515. The van der Waals surface area contributed by atoms with Crippen molar-refractivity contribution in [3.05, 3.63) is 0 Å². The van der Waals surface area contributed by atoms with Crippen LogP contribution in [0.5, 0.6) is 0 Å². The molecule has 0 aromatic heterocycles. The van der Waals surface area contributed by atoms with Gasteiger partial charge >= 0.3 is 9.28 Å². The Morgan fingerprint density at radius 3 is 2.75 bits per heavy atom. The summed E-state index contributed by atoms with van der Waals surface area (Å²) in [5.74, 6) is 0. The van der Waals surface area contributed by atoms with Crippen molar-refractivity contribution >= 4 is 19.3 Å². The fraction of sp³-hybridized carbons (Fsp3) is 1.00. The second-order valence-corrected chi connectivity index (χ2v) is 6.30. The molecule has 2 heterocycles. The van der Waals surface area contributed by atoms with Gasteiger partial charge in [0.15, 0.2) is 0 Å². The van der Waals surface area contributed by atoms with Crippen LogP contribution >= 0.6 is 0 Å². The van der Waals surface area contributed by atoms with Gasteiger partial charge in [-0.3, -0.25) is 0 Å². The van der Waals surface area contributed by atoms with Gasteiger partial charge in [-0.2, -0.15) is 0 Å². The molecule has 0 saturated carbocycles. The molecule has 8 heavy (non-hydrogen) atoms. The molecule has 0 radical (unpaired) electrons. The lowest BCUT2D eigenvalue weighted by atomic mass is 10.6. The van der Waals surface area contributed by atoms with Gasteiger partial charge < -0.3 is 13.0 Å². The van der Waals surface area contributed by atoms with Gasteiger partial charge in [-0.25, -0.2) is 0 Å². The van der Waals surface area contributed by atoms with E-state index in [4.69, 9.17) is 13.0 Å². The van der Waals surface area contributed by atoms with E-state index in [0.29, 0.717) is 6.10 Å². The maximum atomic E-state index is 5.26. The molecular formula is C3H8O3Si2. The predicted octanol–water partition coefficient (Wildman–Crippen LogP) is -1.35. The van der Waals surface area contributed by atoms with Crippen LogP contribution < -0.4 is 0 Å². The summed E-state index contributed by atoms with van der Waals surface area (Å²) in [4.78, 5) is 0. The van der Waals surface area contributed by atoms with Crippen LogP contribution in [0.1, 0.15) is 0 Å². The molecule has 0 bridgehead atoms. The Morgan fingerprint density at radius 2 is 2.38 bits per heavy atom. The van der Waals surface area contributed by atoms with Gasteiger partial charge in [-0.05, 0) is 0 Å². The van der Waals surface area contributed by atoms with E-state index >= 15 is 0 Å². The Kier molecular flexibility index (Phi) is 1.23. The molecule has 0 amide bonds. The SMILES string of the molecule is C1OC1C[SiH]1O[SiH2]O1. The van der Waals surface area contributed by atoms with E-state index in [9.17, 15) is 0 Å². The zero-order valence-corrected chi connectivity index (χ0v) is 7.07. The molecular weight excluding hydrogens is 140 g/mol. The van der Waals surface area contributed by atoms with Crippen molar-refractivity contribution in [2.75, 3.05) is 6.61 Å². The minimum Gasteiger partial charge on any atom is -0.422 e. The lowest BCUT2D eigenvalue weighted by molar-refractivity contribution is 0.301. The van der Waals surface area contributed by atoms with Crippen LogP contribution in [-0.2, 0) is 13.0 Å². The normalized spacial score (nSPS) is 46.5. The molecule has 1 atom stereocenters. The summed E-state index contributed by atoms with van der Waals surface area (Å²) < 4.78 is 15.5. The fourth-order valence-corrected chi connectivity index (χ4v) is 3.82. The standard InChI is InChI=1S/C3H8O3Si2/c1-3(4-1)2-8-5-7-6-8/h3,8H,1-2,7H2. The predicted molar refractivity (Wildman–Crippen MR) is 32.4 cm³/mol. The summed E-state index contributed by atoms with van der Waals surface area (Å²) in [5.41, 5.74) is 0. The van der Waals surface area contributed by atoms with E-state index in [1.165, 1.54) is 0 Å². The highest BCUT2D eigenvalue weighted by Gasteiger charge is 2.32. The van der Waals surface area contributed by atoms with Crippen LogP contribution in [0.3, 0.4) is 0 Å². The Morgan fingerprint density at radius 1 is 1.62 bits per heavy atom. The monoisotopic (exact) mass is 148 g/mol. The average Bonchev–Trinajstić information content (AvgIpc) is 2.36. The molecule has 0 aromatic rings. The summed E-state index contributed by atoms with van der Waals surface area (Å²) in [5, 5.41) is 0. The number of hydrogen-bond donors (Lipinski definition) is 0. The lowest BCUT2D eigenvalue weighted by Crippen LogP contribution is -2.39. The molecule has 0 aromatic carbocycles. The lowest BCUT2D eigenvalue weighted by Gasteiger charge is -2.24. The molecule has 5 heteroatoms. The third kappa shape index (κ3) is 1.01. The van der Waals surface area contributed by atoms with E-state index < -0.39 is 19.3 Å². The highest BCUT2D eigenvalue weighted by molar-refractivity contribution is 6.64. The first-order chi connectivity index (χ1) is 3.95. The van der Waals surface area contributed by atoms with Crippen molar-refractivity contribution in [1.29, 1.82) is 0 Å². The van der Waals surface area contributed by atoms with Gasteiger partial charge in [-0.1, -0.05) is 0 Å². The van der Waals surface area contributed by atoms with Crippen molar-refractivity contribution in [2.24, 2.45) is 0 Å². The number of rotatable bonds is 2. The maximum absolute atomic E-state index is 5.26. The number of hydrogen-bond acceptors (Lipinski definition) is 3. The van der Waals surface area contributed by atoms with Gasteiger partial charge in [0.05, 0.1) is 12.7 Å². The van der Waals surface area contributed by atoms with Crippen molar-refractivity contribution in [1.82, 2.24) is 0 Å². The third-order valence-electron chi connectivity index (χ3n) is 1.37. The van der Waals surface area contributed by atoms with Crippen LogP contribution in [0.25, 0.3) is 0 Å². The number of ether oxygens (including phenoxy) is 1. The van der Waals surface area contributed by atoms with Gasteiger partial charge in [-0.15, -0.1) is 0 Å². The van der Waals surface area contributed by atoms with Gasteiger partial charge in [0, 0.05) is 6.04 Å². The molecule has 0 N–H and O–H groups in total. The van der Waals surface area contributed by atoms with Crippen LogP contribution in [-0.4, -0.2) is 32.0 Å². The van der Waals surface area contributed by atoms with E-state index in [1.54, 1.807) is 0 Å². The topological polar surface area (TPSA) is 31.0 Å². The molecule has 0 aliphatic carbocycles. The molecule has 3 nitrogen and oxygen atoms in total. The van der Waals surface area contributed by atoms with Crippen molar-refractivity contribution < 1.29 is 13.0 Å². The molecule has 2 rings (SSSR count). The first-order valence-corrected chi connectivity index (χ1v) is 5.71. The van der Waals surface area contributed by atoms with E-state index in [1.807, 2.05) is 0 Å². The molecule has 0 spiro atoms. The first-order valence-electron chi connectivity index (χ1n) is 2.80. The molecule has 46 valence electrons. The van der Waals surface area contributed by atoms with E-state index in [0.717, 1.165) is 12.7 Å². The highest BCUT2D eigenvalue weighted by atomic mass is 28.4. The Bertz CT molecular complexity index is 90.5. The van der Waals surface area contributed by atoms with Gasteiger partial charge in [0.1, 0.15) is 0 Å². The largest absolute Gasteiger partial charge is 0.422 e. The third-order valence-corrected chi connectivity index (χ3v) is 6.34. The Balaban J connectivity index is 1.66. The summed E-state index contributed by atoms with van der Waals surface area (Å²) in [6, 6.07) is 1.09. The van der Waals surface area contributed by atoms with Crippen molar-refractivity contribution in [3.63, 3.8) is 0 Å². The smallest absolute Gasteiger partial charge is 0.305 e. The summed E-state index contributed by atoms with van der Waals surface area (Å²) >= 11 is 0. The molecule has 2 fully saturated rings. The van der Waals surface area contributed by atoms with Gasteiger partial charge in [0.25, 0.3) is 10.0 Å². The maximum Gasteiger partial charge on any atom is 0.305 e. The highest BCUT2D eigenvalue weighted by Crippen LogP contribution is 2.19. The van der Waals surface area contributed by atoms with Crippen LogP contribution in [0, 0.1) is 0 Å². The van der Waals surface area contributed by atoms with E-state index in [2.05, 4.69) is 0 Å². The van der Waals surface area contributed by atoms with E-state index in [-0.39, 0.29) is 0 Å². The Hall–Kier alpha value is 0.314. The molecule has 1 unspecified atom stereocenters. The summed E-state index contributed by atoms with van der Waals surface area (Å²) in [6.45, 7) is 0.942. The zero-order valence-electron chi connectivity index (χ0n) is 4.50. The zero-order chi connectivity index (χ0) is 5.40. The Labute approximate surface area is 51.8 Å². The first kappa shape index (κ1) is 5.13. The molecule has 2 aliphatic heterocycles. The van der Waals surface area contributed by atoms with Crippen LogP contribution in [0.15, 0.2) is 0 Å². The van der Waals surface area contributed by atoms with Crippen molar-refractivity contribution in [3.8, 4) is 0 Å². The second kappa shape index (κ2) is 1.92. The van der Waals surface area contributed by atoms with Gasteiger partial charge in [0.2, 0.25) is 0 Å². The fourth-order valence-electron chi connectivity index (χ4n) is 0.719. The summed E-state index contributed by atoms with van der Waals surface area (Å²) in [7, 11) is -1.51. The second-order valence-electron chi connectivity index (χ2n) is 2.07. The number of epoxide rings is 1. The quantitative estimate of drug-likeness (QED) is 0.358. The molecule has 2 aliphatic rings. The minimum absolute atomic E-state index is 0.452. The minimum atomic E-state index is -1.06.